The van der Waals surface area contributed by atoms with Crippen molar-refractivity contribution in [1.29, 1.82) is 0 Å². The molecular weight excluding hydrogens is 464 g/mol. The zero-order valence-corrected chi connectivity index (χ0v) is 21.5. The van der Waals surface area contributed by atoms with Crippen LogP contribution in [-0.2, 0) is 6.42 Å². The Morgan fingerprint density at radius 1 is 1.17 bits per heavy atom. The average Bonchev–Trinajstić information content (AvgIpc) is 2.85. The van der Waals surface area contributed by atoms with Crippen LogP contribution in [0, 0.1) is 6.92 Å². The molecule has 1 unspecified atom stereocenters. The van der Waals surface area contributed by atoms with Crippen molar-refractivity contribution in [3.05, 3.63) is 63.5 Å². The summed E-state index contributed by atoms with van der Waals surface area (Å²) < 4.78 is 22.8. The van der Waals surface area contributed by atoms with Crippen LogP contribution in [0.2, 0.25) is 0 Å². The topological polar surface area (TPSA) is 73.2 Å². The molecule has 0 spiro atoms. The van der Waals surface area contributed by atoms with Gasteiger partial charge < -0.3 is 28.8 Å². The molecule has 1 aliphatic rings. The maximum atomic E-state index is 11.8. The Labute approximate surface area is 211 Å². The summed E-state index contributed by atoms with van der Waals surface area (Å²) in [6.45, 7) is 6.01. The minimum atomic E-state index is -0.371. The SMILES string of the molecule is CCCCNC(=S)N1CCc2cc(OC)c(OC)cc2C1COc1ccc2c(C)cc(=O)oc2c1. The molecule has 1 aliphatic heterocycles. The van der Waals surface area contributed by atoms with Gasteiger partial charge >= 0.3 is 5.63 Å². The van der Waals surface area contributed by atoms with Gasteiger partial charge in [0.05, 0.1) is 20.3 Å². The fourth-order valence-corrected chi connectivity index (χ4v) is 4.82. The van der Waals surface area contributed by atoms with Gasteiger partial charge in [-0.25, -0.2) is 4.79 Å². The van der Waals surface area contributed by atoms with Gasteiger partial charge in [-0.3, -0.25) is 0 Å². The van der Waals surface area contributed by atoms with E-state index in [1.807, 2.05) is 31.2 Å². The van der Waals surface area contributed by atoms with Crippen LogP contribution >= 0.6 is 12.2 Å². The van der Waals surface area contributed by atoms with Crippen LogP contribution in [0.4, 0.5) is 0 Å². The van der Waals surface area contributed by atoms with Crippen LogP contribution in [0.5, 0.6) is 17.2 Å². The lowest BCUT2D eigenvalue weighted by molar-refractivity contribution is 0.187. The first-order chi connectivity index (χ1) is 16.9. The minimum absolute atomic E-state index is 0.125. The van der Waals surface area contributed by atoms with E-state index in [9.17, 15) is 4.79 Å². The molecule has 0 saturated heterocycles. The zero-order valence-electron chi connectivity index (χ0n) is 20.7. The van der Waals surface area contributed by atoms with Crippen LogP contribution < -0.4 is 25.2 Å². The van der Waals surface area contributed by atoms with Gasteiger partial charge in [0.15, 0.2) is 16.6 Å². The fourth-order valence-electron chi connectivity index (χ4n) is 4.49. The van der Waals surface area contributed by atoms with Crippen molar-refractivity contribution < 1.29 is 18.6 Å². The molecule has 0 amide bonds. The average molecular weight is 497 g/mol. The number of ether oxygens (including phenoxy) is 3. The predicted octanol–water partition coefficient (Wildman–Crippen LogP) is 4.77. The standard InChI is InChI=1S/C27H32N2O5S/c1-5-6-10-28-27(35)29-11-9-18-13-24(31-3)25(32-4)15-21(18)22(29)16-33-19-7-8-20-17(2)12-26(30)34-23(20)14-19/h7-8,12-15,22H,5-6,9-11,16H2,1-4H3,(H,28,35). The summed E-state index contributed by atoms with van der Waals surface area (Å²) in [4.78, 5) is 14.0. The quantitative estimate of drug-likeness (QED) is 0.272. The molecule has 7 nitrogen and oxygen atoms in total. The normalized spacial score (nSPS) is 15.0. The Kier molecular flexibility index (Phi) is 7.80. The van der Waals surface area contributed by atoms with Gasteiger partial charge in [-0.1, -0.05) is 13.3 Å². The lowest BCUT2D eigenvalue weighted by Gasteiger charge is -2.39. The van der Waals surface area contributed by atoms with Crippen molar-refractivity contribution >= 4 is 28.3 Å². The van der Waals surface area contributed by atoms with E-state index in [1.54, 1.807) is 20.3 Å². The highest BCUT2D eigenvalue weighted by atomic mass is 32.1. The number of nitrogens with one attached hydrogen (secondary N) is 1. The van der Waals surface area contributed by atoms with Crippen LogP contribution in [-0.4, -0.2) is 43.9 Å². The molecule has 0 fully saturated rings. The highest BCUT2D eigenvalue weighted by Crippen LogP contribution is 2.38. The first-order valence-corrected chi connectivity index (χ1v) is 12.3. The molecule has 0 bridgehead atoms. The molecule has 0 radical (unpaired) electrons. The molecule has 2 heterocycles. The Morgan fingerprint density at radius 2 is 1.94 bits per heavy atom. The maximum Gasteiger partial charge on any atom is 0.336 e. The van der Waals surface area contributed by atoms with Crippen molar-refractivity contribution in [2.24, 2.45) is 0 Å². The second kappa shape index (κ2) is 11.0. The molecule has 3 aromatic rings. The summed E-state index contributed by atoms with van der Waals surface area (Å²) in [5.74, 6) is 2.01. The van der Waals surface area contributed by atoms with Crippen molar-refractivity contribution in [1.82, 2.24) is 10.2 Å². The molecule has 0 aliphatic carbocycles. The second-order valence-electron chi connectivity index (χ2n) is 8.67. The Balaban J connectivity index is 1.64. The monoisotopic (exact) mass is 496 g/mol. The summed E-state index contributed by atoms with van der Waals surface area (Å²) in [6.07, 6.45) is 2.99. The summed E-state index contributed by atoms with van der Waals surface area (Å²) in [5, 5.41) is 5.00. The second-order valence-corrected chi connectivity index (χ2v) is 9.05. The van der Waals surface area contributed by atoms with Gasteiger partial charge in [0.1, 0.15) is 17.9 Å². The van der Waals surface area contributed by atoms with E-state index in [1.165, 1.54) is 11.6 Å². The lowest BCUT2D eigenvalue weighted by atomic mass is 9.92. The van der Waals surface area contributed by atoms with Gasteiger partial charge in [-0.2, -0.15) is 0 Å². The van der Waals surface area contributed by atoms with Crippen LogP contribution in [0.15, 0.2) is 45.6 Å². The molecule has 4 rings (SSSR count). The smallest absolute Gasteiger partial charge is 0.336 e. The van der Waals surface area contributed by atoms with E-state index < -0.39 is 0 Å². The maximum absolute atomic E-state index is 11.8. The number of benzene rings is 2. The van der Waals surface area contributed by atoms with Crippen LogP contribution in [0.1, 0.15) is 42.5 Å². The number of nitrogens with zero attached hydrogens (tertiary/aromatic N) is 1. The summed E-state index contributed by atoms with van der Waals surface area (Å²) in [7, 11) is 3.28. The largest absolute Gasteiger partial charge is 0.493 e. The zero-order chi connectivity index (χ0) is 24.9. The van der Waals surface area contributed by atoms with Gasteiger partial charge in [0.25, 0.3) is 0 Å². The highest BCUT2D eigenvalue weighted by Gasteiger charge is 2.31. The molecular formula is C27H32N2O5S. The number of methoxy groups -OCH3 is 2. The van der Waals surface area contributed by atoms with E-state index in [-0.39, 0.29) is 11.7 Å². The van der Waals surface area contributed by atoms with Gasteiger partial charge in [0, 0.05) is 30.6 Å². The number of aryl methyl sites for hydroxylation is 1. The number of fused-ring (bicyclic) bond motifs is 2. The minimum Gasteiger partial charge on any atom is -0.493 e. The number of rotatable bonds is 8. The third-order valence-electron chi connectivity index (χ3n) is 6.40. The number of thiocarbonyl (C=S) groups is 1. The van der Waals surface area contributed by atoms with E-state index in [4.69, 9.17) is 30.8 Å². The Bertz CT molecular complexity index is 1270. The van der Waals surface area contributed by atoms with Crippen molar-refractivity contribution in [3.8, 4) is 17.2 Å². The highest BCUT2D eigenvalue weighted by molar-refractivity contribution is 7.80. The van der Waals surface area contributed by atoms with E-state index in [0.29, 0.717) is 34.6 Å². The molecule has 186 valence electrons. The first-order valence-electron chi connectivity index (χ1n) is 11.9. The third-order valence-corrected chi connectivity index (χ3v) is 6.78. The van der Waals surface area contributed by atoms with E-state index in [2.05, 4.69) is 17.1 Å². The Hall–Kier alpha value is -3.26. The van der Waals surface area contributed by atoms with E-state index >= 15 is 0 Å². The number of hydrogen-bond donors (Lipinski definition) is 1. The first kappa shape index (κ1) is 24.9. The summed E-state index contributed by atoms with van der Waals surface area (Å²) in [6, 6.07) is 11.0. The van der Waals surface area contributed by atoms with Crippen molar-refractivity contribution in [2.45, 2.75) is 39.2 Å². The van der Waals surface area contributed by atoms with Crippen molar-refractivity contribution in [3.63, 3.8) is 0 Å². The van der Waals surface area contributed by atoms with Gasteiger partial charge in [-0.15, -0.1) is 0 Å². The molecule has 1 N–H and O–H groups in total. The fraction of sp³-hybridized carbons (Fsp3) is 0.407. The lowest BCUT2D eigenvalue weighted by Crippen LogP contribution is -2.47. The van der Waals surface area contributed by atoms with Crippen LogP contribution in [0.25, 0.3) is 11.0 Å². The number of unbranched alkanes of at least 4 members (excludes halogenated alkanes) is 1. The molecule has 0 saturated carbocycles. The van der Waals surface area contributed by atoms with E-state index in [0.717, 1.165) is 48.9 Å². The predicted molar refractivity (Wildman–Crippen MR) is 141 cm³/mol. The Morgan fingerprint density at radius 3 is 2.69 bits per heavy atom. The summed E-state index contributed by atoms with van der Waals surface area (Å²) >= 11 is 5.78. The van der Waals surface area contributed by atoms with Crippen LogP contribution in [0.3, 0.4) is 0 Å². The summed E-state index contributed by atoms with van der Waals surface area (Å²) in [5.41, 5.74) is 3.29. The molecule has 35 heavy (non-hydrogen) atoms. The third kappa shape index (κ3) is 5.37. The van der Waals surface area contributed by atoms with Crippen molar-refractivity contribution in [2.75, 3.05) is 33.9 Å². The molecule has 2 aromatic carbocycles. The van der Waals surface area contributed by atoms with Gasteiger partial charge in [-0.05, 0) is 72.9 Å². The van der Waals surface area contributed by atoms with Gasteiger partial charge in [0.2, 0.25) is 0 Å². The molecule has 1 aromatic heterocycles. The molecule has 8 heteroatoms. The number of hydrogen-bond acceptors (Lipinski definition) is 6. The molecule has 1 atom stereocenters.